The highest BCUT2D eigenvalue weighted by molar-refractivity contribution is 7.88. The lowest BCUT2D eigenvalue weighted by atomic mass is 10.2. The van der Waals surface area contributed by atoms with Crippen LogP contribution in [0.4, 0.5) is 0 Å². The number of nitrogens with one attached hydrogen (secondary N) is 1. The number of sulfonamides is 1. The number of para-hydroxylation sites is 1. The number of fused-ring (bicyclic) bond motifs is 1. The Morgan fingerprint density at radius 2 is 2.19 bits per heavy atom. The fourth-order valence-corrected chi connectivity index (χ4v) is 4.01. The largest absolute Gasteiger partial charge is 0.356 e. The first-order valence-electron chi connectivity index (χ1n) is 6.61. The van der Waals surface area contributed by atoms with E-state index in [0.29, 0.717) is 30.9 Å². The zero-order valence-corrected chi connectivity index (χ0v) is 13.3. The summed E-state index contributed by atoms with van der Waals surface area (Å²) < 4.78 is 31.6. The van der Waals surface area contributed by atoms with Crippen molar-refractivity contribution >= 4 is 33.4 Å². The standard InChI is InChI=1S/C13H17N3O3S.ClH/c1-10-8-16(7-6-14-10)20(17,18)9-12-11-4-2-3-5-13(11)19-15-12;/h2-5,10,14H,6-9H2,1H3;1H. The van der Waals surface area contributed by atoms with E-state index in [9.17, 15) is 8.42 Å². The fraction of sp³-hybridized carbons (Fsp3) is 0.462. The Hall–Kier alpha value is -1.15. The molecule has 1 N–H and O–H groups in total. The molecule has 3 rings (SSSR count). The first-order valence-corrected chi connectivity index (χ1v) is 8.22. The number of piperazine rings is 1. The van der Waals surface area contributed by atoms with Crippen LogP contribution >= 0.6 is 12.4 Å². The van der Waals surface area contributed by atoms with Crippen LogP contribution in [0.5, 0.6) is 0 Å². The predicted molar refractivity (Wildman–Crippen MR) is 82.9 cm³/mol. The Morgan fingerprint density at radius 3 is 2.95 bits per heavy atom. The Kier molecular flexibility index (Phi) is 4.88. The van der Waals surface area contributed by atoms with Gasteiger partial charge in [-0.15, -0.1) is 12.4 Å². The van der Waals surface area contributed by atoms with Crippen molar-refractivity contribution in [2.45, 2.75) is 18.7 Å². The lowest BCUT2D eigenvalue weighted by Gasteiger charge is -2.30. The molecular weight excluding hydrogens is 314 g/mol. The third kappa shape index (κ3) is 3.37. The van der Waals surface area contributed by atoms with Crippen molar-refractivity contribution in [3.8, 4) is 0 Å². The summed E-state index contributed by atoms with van der Waals surface area (Å²) in [5, 5.41) is 7.89. The molecule has 6 nitrogen and oxygen atoms in total. The average Bonchev–Trinajstić information content (AvgIpc) is 2.82. The van der Waals surface area contributed by atoms with Gasteiger partial charge in [-0.25, -0.2) is 8.42 Å². The first-order chi connectivity index (χ1) is 9.56. The van der Waals surface area contributed by atoms with Gasteiger partial charge in [-0.1, -0.05) is 17.3 Å². The molecule has 2 aromatic rings. The van der Waals surface area contributed by atoms with E-state index in [1.165, 1.54) is 4.31 Å². The monoisotopic (exact) mass is 331 g/mol. The van der Waals surface area contributed by atoms with Gasteiger partial charge in [-0.05, 0) is 19.1 Å². The van der Waals surface area contributed by atoms with E-state index in [0.717, 1.165) is 5.39 Å². The minimum absolute atomic E-state index is 0. The maximum Gasteiger partial charge on any atom is 0.220 e. The van der Waals surface area contributed by atoms with E-state index in [4.69, 9.17) is 4.52 Å². The van der Waals surface area contributed by atoms with E-state index in [1.807, 2.05) is 25.1 Å². The maximum atomic E-state index is 12.5. The SMILES string of the molecule is CC1CN(S(=O)(=O)Cc2noc3ccccc23)CCN1.Cl. The van der Waals surface area contributed by atoms with E-state index in [1.54, 1.807) is 6.07 Å². The van der Waals surface area contributed by atoms with Crippen LogP contribution < -0.4 is 5.32 Å². The van der Waals surface area contributed by atoms with E-state index < -0.39 is 10.0 Å². The summed E-state index contributed by atoms with van der Waals surface area (Å²) in [5.41, 5.74) is 1.10. The molecule has 0 spiro atoms. The topological polar surface area (TPSA) is 75.4 Å². The van der Waals surface area contributed by atoms with Crippen LogP contribution in [0.3, 0.4) is 0 Å². The highest BCUT2D eigenvalue weighted by Gasteiger charge is 2.28. The second-order valence-electron chi connectivity index (χ2n) is 5.09. The van der Waals surface area contributed by atoms with E-state index in [-0.39, 0.29) is 24.2 Å². The number of halogens is 1. The zero-order valence-electron chi connectivity index (χ0n) is 11.7. The molecule has 21 heavy (non-hydrogen) atoms. The third-order valence-electron chi connectivity index (χ3n) is 3.50. The van der Waals surface area contributed by atoms with Crippen LogP contribution in [0.1, 0.15) is 12.6 Å². The average molecular weight is 332 g/mol. The molecule has 0 aliphatic carbocycles. The third-order valence-corrected chi connectivity index (χ3v) is 5.25. The van der Waals surface area contributed by atoms with Gasteiger partial charge in [0.25, 0.3) is 0 Å². The molecule has 1 aromatic heterocycles. The molecule has 116 valence electrons. The number of nitrogens with zero attached hydrogens (tertiary/aromatic N) is 2. The molecular formula is C13H18ClN3O3S. The highest BCUT2D eigenvalue weighted by Crippen LogP contribution is 2.21. The predicted octanol–water partition coefficient (Wildman–Crippen LogP) is 1.37. The normalized spacial score (nSPS) is 20.3. The highest BCUT2D eigenvalue weighted by atomic mass is 35.5. The van der Waals surface area contributed by atoms with Crippen LogP contribution in [0.25, 0.3) is 11.0 Å². The molecule has 0 radical (unpaired) electrons. The molecule has 0 bridgehead atoms. The molecule has 1 aliphatic rings. The quantitative estimate of drug-likeness (QED) is 0.919. The summed E-state index contributed by atoms with van der Waals surface area (Å²) in [6, 6.07) is 7.47. The smallest absolute Gasteiger partial charge is 0.220 e. The molecule has 1 unspecified atom stereocenters. The molecule has 0 saturated carbocycles. The minimum Gasteiger partial charge on any atom is -0.356 e. The number of hydrogen-bond donors (Lipinski definition) is 1. The lowest BCUT2D eigenvalue weighted by molar-refractivity contribution is 0.309. The van der Waals surface area contributed by atoms with E-state index in [2.05, 4.69) is 10.5 Å². The molecule has 1 fully saturated rings. The van der Waals surface area contributed by atoms with E-state index >= 15 is 0 Å². The zero-order chi connectivity index (χ0) is 14.2. The van der Waals surface area contributed by atoms with Gasteiger partial charge in [0.2, 0.25) is 10.0 Å². The Balaban J connectivity index is 0.00000161. The van der Waals surface area contributed by atoms with Crippen molar-refractivity contribution in [1.29, 1.82) is 0 Å². The first kappa shape index (κ1) is 16.2. The molecule has 1 atom stereocenters. The van der Waals surface area contributed by atoms with Crippen molar-refractivity contribution in [1.82, 2.24) is 14.8 Å². The number of hydrogen-bond acceptors (Lipinski definition) is 5. The van der Waals surface area contributed by atoms with Crippen LogP contribution in [0, 0.1) is 0 Å². The lowest BCUT2D eigenvalue weighted by Crippen LogP contribution is -2.51. The van der Waals surface area contributed by atoms with Gasteiger partial charge in [-0.3, -0.25) is 0 Å². The van der Waals surface area contributed by atoms with Crippen molar-refractivity contribution in [3.05, 3.63) is 30.0 Å². The van der Waals surface area contributed by atoms with Crippen molar-refractivity contribution in [3.63, 3.8) is 0 Å². The molecule has 1 saturated heterocycles. The van der Waals surface area contributed by atoms with Gasteiger partial charge in [0.15, 0.2) is 5.58 Å². The van der Waals surface area contributed by atoms with Crippen molar-refractivity contribution in [2.75, 3.05) is 19.6 Å². The van der Waals surface area contributed by atoms with Crippen molar-refractivity contribution in [2.24, 2.45) is 0 Å². The summed E-state index contributed by atoms with van der Waals surface area (Å²) in [5.74, 6) is -0.114. The number of aromatic nitrogens is 1. The van der Waals surface area contributed by atoms with Crippen LogP contribution in [0.2, 0.25) is 0 Å². The van der Waals surface area contributed by atoms with Gasteiger partial charge in [0, 0.05) is 31.1 Å². The van der Waals surface area contributed by atoms with Gasteiger partial charge >= 0.3 is 0 Å². The van der Waals surface area contributed by atoms with Crippen LogP contribution in [0.15, 0.2) is 28.8 Å². The van der Waals surface area contributed by atoms with Crippen LogP contribution in [-0.2, 0) is 15.8 Å². The second kappa shape index (κ2) is 6.31. The summed E-state index contributed by atoms with van der Waals surface area (Å²) >= 11 is 0. The molecule has 2 heterocycles. The Morgan fingerprint density at radius 1 is 1.43 bits per heavy atom. The Labute approximate surface area is 129 Å². The number of benzene rings is 1. The molecule has 8 heteroatoms. The molecule has 0 amide bonds. The van der Waals surface area contributed by atoms with Gasteiger partial charge in [0.1, 0.15) is 11.4 Å². The molecule has 1 aliphatic heterocycles. The minimum atomic E-state index is -3.36. The van der Waals surface area contributed by atoms with Gasteiger partial charge in [-0.2, -0.15) is 4.31 Å². The second-order valence-corrected chi connectivity index (χ2v) is 7.06. The summed E-state index contributed by atoms with van der Waals surface area (Å²) in [4.78, 5) is 0. The summed E-state index contributed by atoms with van der Waals surface area (Å²) in [6.07, 6.45) is 0. The molecule has 1 aromatic carbocycles. The van der Waals surface area contributed by atoms with Crippen molar-refractivity contribution < 1.29 is 12.9 Å². The fourth-order valence-electron chi connectivity index (χ4n) is 2.46. The van der Waals surface area contributed by atoms with Gasteiger partial charge in [0.05, 0.1) is 0 Å². The maximum absolute atomic E-state index is 12.5. The Bertz CT molecular complexity index is 716. The summed E-state index contributed by atoms with van der Waals surface area (Å²) in [7, 11) is -3.36. The number of rotatable bonds is 3. The van der Waals surface area contributed by atoms with Crippen LogP contribution in [-0.4, -0.2) is 43.6 Å². The summed E-state index contributed by atoms with van der Waals surface area (Å²) in [6.45, 7) is 3.66. The van der Waals surface area contributed by atoms with Gasteiger partial charge < -0.3 is 9.84 Å².